The van der Waals surface area contributed by atoms with Crippen molar-refractivity contribution in [3.63, 3.8) is 0 Å². The van der Waals surface area contributed by atoms with Gasteiger partial charge in [0.25, 0.3) is 11.8 Å². The number of amides is 3. The van der Waals surface area contributed by atoms with Crippen LogP contribution >= 0.6 is 23.1 Å². The van der Waals surface area contributed by atoms with Crippen molar-refractivity contribution in [3.05, 3.63) is 47.2 Å². The van der Waals surface area contributed by atoms with Crippen molar-refractivity contribution in [3.8, 4) is 0 Å². The summed E-state index contributed by atoms with van der Waals surface area (Å²) in [6.45, 7) is 3.60. The van der Waals surface area contributed by atoms with Gasteiger partial charge in [-0.2, -0.15) is 0 Å². The van der Waals surface area contributed by atoms with Crippen LogP contribution in [0.25, 0.3) is 0 Å². The zero-order valence-corrected chi connectivity index (χ0v) is 19.1. The summed E-state index contributed by atoms with van der Waals surface area (Å²) in [5.41, 5.74) is 5.27. The van der Waals surface area contributed by atoms with E-state index in [1.807, 2.05) is 0 Å². The smallest absolute Gasteiger partial charge is 0.407 e. The van der Waals surface area contributed by atoms with Gasteiger partial charge in [0.05, 0.1) is 0 Å². The summed E-state index contributed by atoms with van der Waals surface area (Å²) >= 11 is 2.28. The molecule has 3 heterocycles. The highest BCUT2D eigenvalue weighted by Gasteiger charge is 2.54. The van der Waals surface area contributed by atoms with Gasteiger partial charge in [-0.1, -0.05) is 17.3 Å². The zero-order chi connectivity index (χ0) is 24.8. The Kier molecular flexibility index (Phi) is 7.91. The highest BCUT2D eigenvalue weighted by molar-refractivity contribution is 8.00. The minimum absolute atomic E-state index is 0.0429. The number of carbonyl (C=O) groups excluding carboxylic acids is 3. The van der Waals surface area contributed by atoms with Gasteiger partial charge in [0.15, 0.2) is 10.8 Å². The molecule has 15 heteroatoms. The maximum Gasteiger partial charge on any atom is 0.407 e. The number of rotatable bonds is 9. The Bertz CT molecular complexity index is 1110. The molecule has 34 heavy (non-hydrogen) atoms. The highest BCUT2D eigenvalue weighted by atomic mass is 32.2. The van der Waals surface area contributed by atoms with E-state index in [4.69, 9.17) is 10.5 Å². The topological polar surface area (TPSA) is 197 Å². The van der Waals surface area contributed by atoms with Crippen LogP contribution in [0.2, 0.25) is 0 Å². The normalized spacial score (nSPS) is 19.9. The molecule has 13 nitrogen and oxygen atoms in total. The molecule has 1 saturated heterocycles. The Labute approximate surface area is 201 Å². The Morgan fingerprint density at radius 2 is 2.21 bits per heavy atom. The molecule has 2 aliphatic heterocycles. The van der Waals surface area contributed by atoms with E-state index in [1.54, 1.807) is 0 Å². The monoisotopic (exact) mass is 508 g/mol. The second-order valence-corrected chi connectivity index (χ2v) is 8.72. The lowest BCUT2D eigenvalue weighted by Gasteiger charge is -2.49. The molecule has 0 saturated carbocycles. The van der Waals surface area contributed by atoms with E-state index in [-0.39, 0.29) is 35.4 Å². The molecule has 0 aromatic carbocycles. The van der Waals surface area contributed by atoms with E-state index >= 15 is 0 Å². The fourth-order valence-corrected chi connectivity index (χ4v) is 4.98. The summed E-state index contributed by atoms with van der Waals surface area (Å²) in [6, 6.07) is -1.03. The number of carboxylic acid groups (broad SMARTS) is 1. The number of β-lactam (4-membered cyclic amide) rings is 1. The molecular formula is C19H20N6O7S2. The Morgan fingerprint density at radius 3 is 2.82 bits per heavy atom. The maximum atomic E-state index is 12.7. The number of nitrogens with zero attached hydrogens (tertiary/aromatic N) is 3. The molecule has 6 N–H and O–H groups in total. The van der Waals surface area contributed by atoms with E-state index in [0.717, 1.165) is 16.2 Å². The number of aromatic nitrogens is 1. The number of carbonyl (C=O) groups is 4. The third kappa shape index (κ3) is 5.20. The Morgan fingerprint density at radius 1 is 1.44 bits per heavy atom. The van der Waals surface area contributed by atoms with Crippen molar-refractivity contribution < 1.29 is 34.2 Å². The molecule has 3 rings (SSSR count). The number of hydrogen-bond acceptors (Lipinski definition) is 11. The minimum Gasteiger partial charge on any atom is -0.477 e. The van der Waals surface area contributed by atoms with Crippen LogP contribution in [-0.2, 0) is 19.1 Å². The highest BCUT2D eigenvalue weighted by Crippen LogP contribution is 2.40. The first kappa shape index (κ1) is 24.8. The van der Waals surface area contributed by atoms with Gasteiger partial charge in [0, 0.05) is 17.7 Å². The summed E-state index contributed by atoms with van der Waals surface area (Å²) < 4.78 is 4.91. The number of nitrogens with two attached hydrogens (primary N) is 1. The molecule has 0 aliphatic carbocycles. The number of ether oxygens (including phenoxy) is 1. The van der Waals surface area contributed by atoms with Crippen LogP contribution in [0.1, 0.15) is 5.69 Å². The number of hydrogen-bond donors (Lipinski definition) is 5. The number of nitrogens with one attached hydrogen (secondary N) is 2. The van der Waals surface area contributed by atoms with Crippen LogP contribution in [0.5, 0.6) is 0 Å². The van der Waals surface area contributed by atoms with Gasteiger partial charge in [-0.05, 0) is 11.6 Å². The van der Waals surface area contributed by atoms with Crippen LogP contribution in [0, 0.1) is 0 Å². The SMILES string of the molecule is C=CCNC(=O)OC/C=C\C1=C(C(=O)O)N2C(=O)[C@@H](NC(=O)/C(=N/O)c3csc(N)n3)[C@H]2SC1. The van der Waals surface area contributed by atoms with Gasteiger partial charge in [-0.25, -0.2) is 14.6 Å². The van der Waals surface area contributed by atoms with Crippen LogP contribution in [0.4, 0.5) is 9.93 Å². The number of nitrogen functional groups attached to an aromatic ring is 1. The zero-order valence-electron chi connectivity index (χ0n) is 17.5. The molecular weight excluding hydrogens is 488 g/mol. The lowest BCUT2D eigenvalue weighted by Crippen LogP contribution is -2.71. The predicted octanol–water partition coefficient (Wildman–Crippen LogP) is 0.111. The second-order valence-electron chi connectivity index (χ2n) is 6.73. The summed E-state index contributed by atoms with van der Waals surface area (Å²) in [7, 11) is 0. The van der Waals surface area contributed by atoms with E-state index < -0.39 is 41.0 Å². The number of oxime groups is 1. The number of thioether (sulfide) groups is 1. The average molecular weight is 509 g/mol. The number of carboxylic acids is 1. The van der Waals surface area contributed by atoms with Gasteiger partial charge >= 0.3 is 12.1 Å². The van der Waals surface area contributed by atoms with Crippen LogP contribution in [0.15, 0.2) is 46.6 Å². The first-order valence-corrected chi connectivity index (χ1v) is 11.5. The van der Waals surface area contributed by atoms with Crippen molar-refractivity contribution in [1.82, 2.24) is 20.5 Å². The van der Waals surface area contributed by atoms with E-state index in [1.165, 1.54) is 35.4 Å². The fraction of sp³-hybridized carbons (Fsp3) is 0.263. The minimum atomic E-state index is -1.32. The van der Waals surface area contributed by atoms with Crippen LogP contribution in [0.3, 0.4) is 0 Å². The number of allylic oxidation sites excluding steroid dienone is 1. The molecule has 3 amide bonds. The summed E-state index contributed by atoms with van der Waals surface area (Å²) in [6.07, 6.45) is 3.76. The predicted molar refractivity (Wildman–Crippen MR) is 123 cm³/mol. The molecule has 0 radical (unpaired) electrons. The lowest BCUT2D eigenvalue weighted by molar-refractivity contribution is -0.150. The lowest BCUT2D eigenvalue weighted by atomic mass is 10.0. The molecule has 2 atom stereocenters. The van der Waals surface area contributed by atoms with E-state index in [9.17, 15) is 29.5 Å². The van der Waals surface area contributed by atoms with Gasteiger partial charge < -0.3 is 31.4 Å². The Balaban J connectivity index is 1.67. The average Bonchev–Trinajstić information content (AvgIpc) is 3.24. The third-order valence-corrected chi connectivity index (χ3v) is 6.56. The summed E-state index contributed by atoms with van der Waals surface area (Å²) in [5, 5.41) is 27.6. The van der Waals surface area contributed by atoms with Crippen molar-refractivity contribution >= 4 is 57.8 Å². The molecule has 1 fully saturated rings. The van der Waals surface area contributed by atoms with Crippen molar-refractivity contribution in [2.45, 2.75) is 11.4 Å². The summed E-state index contributed by atoms with van der Waals surface area (Å²) in [5.74, 6) is -2.58. The van der Waals surface area contributed by atoms with Gasteiger partial charge in [-0.15, -0.1) is 29.7 Å². The second kappa shape index (κ2) is 10.8. The number of thiazole rings is 1. The molecule has 2 aliphatic rings. The van der Waals surface area contributed by atoms with Gasteiger partial charge in [0.2, 0.25) is 0 Å². The molecule has 0 unspecified atom stereocenters. The molecule has 0 spiro atoms. The maximum absolute atomic E-state index is 12.7. The molecule has 180 valence electrons. The Hall–Kier alpha value is -3.85. The van der Waals surface area contributed by atoms with Gasteiger partial charge in [0.1, 0.15) is 29.4 Å². The van der Waals surface area contributed by atoms with E-state index in [0.29, 0.717) is 5.57 Å². The van der Waals surface area contributed by atoms with Gasteiger partial charge in [-0.3, -0.25) is 14.5 Å². The van der Waals surface area contributed by atoms with Crippen molar-refractivity contribution in [1.29, 1.82) is 0 Å². The fourth-order valence-electron chi connectivity index (χ4n) is 3.11. The largest absolute Gasteiger partial charge is 0.477 e. The molecule has 0 bridgehead atoms. The number of anilines is 1. The van der Waals surface area contributed by atoms with E-state index in [2.05, 4.69) is 27.4 Å². The number of fused-ring (bicyclic) bond motifs is 1. The third-order valence-electron chi connectivity index (χ3n) is 4.59. The van der Waals surface area contributed by atoms with Crippen molar-refractivity contribution in [2.75, 3.05) is 24.6 Å². The molecule has 1 aromatic heterocycles. The number of aliphatic carboxylic acids is 1. The van der Waals surface area contributed by atoms with Crippen LogP contribution in [-0.4, -0.2) is 80.1 Å². The summed E-state index contributed by atoms with van der Waals surface area (Å²) in [4.78, 5) is 53.5. The van der Waals surface area contributed by atoms with Crippen LogP contribution < -0.4 is 16.4 Å². The first-order chi connectivity index (χ1) is 16.3. The number of alkyl carbamates (subject to hydrolysis) is 1. The first-order valence-electron chi connectivity index (χ1n) is 9.62. The van der Waals surface area contributed by atoms with Crippen molar-refractivity contribution in [2.24, 2.45) is 5.16 Å². The standard InChI is InChI=1S/C19H20N6O7S2/c1-2-5-21-19(30)32-6-3-4-9-7-33-16-12(15(27)25(16)13(9)17(28)29)23-14(26)11(24-31)10-8-34-18(20)22-10/h2-4,8,12,16,31H,1,5-7H2,(H2,20,22)(H,21,30)(H,23,26)(H,28,29)/b4-3-,24-11+/t12-,16-/m1/s1. The quantitative estimate of drug-likeness (QED) is 0.100. The molecule has 1 aromatic rings.